The van der Waals surface area contributed by atoms with Crippen molar-refractivity contribution >= 4 is 16.8 Å². The standard InChI is InChI=1S/C16H21N3O2/c1-11-10-19(7-6-17-11)16(20)15-8-12-4-5-13(21-3)9-14(12)18(15)2/h4-5,8-9,11,17H,6-7,10H2,1-3H3/t11-/m0/s1. The van der Waals surface area contributed by atoms with Gasteiger partial charge in [0.2, 0.25) is 0 Å². The van der Waals surface area contributed by atoms with E-state index in [0.29, 0.717) is 6.04 Å². The number of benzene rings is 1. The number of carbonyl (C=O) groups is 1. The van der Waals surface area contributed by atoms with E-state index in [1.807, 2.05) is 40.8 Å². The first-order valence-electron chi connectivity index (χ1n) is 7.26. The molecule has 0 bridgehead atoms. The summed E-state index contributed by atoms with van der Waals surface area (Å²) in [6.07, 6.45) is 0. The molecule has 2 heterocycles. The normalized spacial score (nSPS) is 19.0. The quantitative estimate of drug-likeness (QED) is 0.913. The zero-order chi connectivity index (χ0) is 15.0. The van der Waals surface area contributed by atoms with Crippen molar-refractivity contribution in [3.8, 4) is 5.75 Å². The van der Waals surface area contributed by atoms with Crippen LogP contribution in [-0.4, -0.2) is 48.2 Å². The van der Waals surface area contributed by atoms with Gasteiger partial charge in [-0.3, -0.25) is 4.79 Å². The summed E-state index contributed by atoms with van der Waals surface area (Å²) in [6, 6.07) is 8.18. The number of nitrogens with one attached hydrogen (secondary N) is 1. The van der Waals surface area contributed by atoms with Crippen LogP contribution in [0, 0.1) is 0 Å². The van der Waals surface area contributed by atoms with E-state index >= 15 is 0 Å². The summed E-state index contributed by atoms with van der Waals surface area (Å²) in [7, 11) is 3.58. The summed E-state index contributed by atoms with van der Waals surface area (Å²) in [5, 5.41) is 4.42. The second-order valence-corrected chi connectivity index (χ2v) is 5.62. The molecule has 1 aromatic carbocycles. The number of rotatable bonds is 2. The lowest BCUT2D eigenvalue weighted by atomic mass is 10.2. The maximum atomic E-state index is 12.7. The number of piperazine rings is 1. The number of fused-ring (bicyclic) bond motifs is 1. The third kappa shape index (κ3) is 2.49. The van der Waals surface area contributed by atoms with Gasteiger partial charge in [-0.15, -0.1) is 0 Å². The van der Waals surface area contributed by atoms with Crippen LogP contribution in [0.2, 0.25) is 0 Å². The van der Waals surface area contributed by atoms with Crippen molar-refractivity contribution in [3.63, 3.8) is 0 Å². The fourth-order valence-corrected chi connectivity index (χ4v) is 2.92. The number of hydrogen-bond acceptors (Lipinski definition) is 3. The predicted molar refractivity (Wildman–Crippen MR) is 82.8 cm³/mol. The molecule has 0 spiro atoms. The maximum Gasteiger partial charge on any atom is 0.270 e. The highest BCUT2D eigenvalue weighted by Crippen LogP contribution is 2.24. The molecule has 1 aliphatic rings. The summed E-state index contributed by atoms with van der Waals surface area (Å²) in [5.74, 6) is 0.902. The molecule has 1 fully saturated rings. The summed E-state index contributed by atoms with van der Waals surface area (Å²) >= 11 is 0. The number of ether oxygens (including phenoxy) is 1. The number of aromatic nitrogens is 1. The van der Waals surface area contributed by atoms with Gasteiger partial charge in [0.05, 0.1) is 12.6 Å². The van der Waals surface area contributed by atoms with Gasteiger partial charge >= 0.3 is 0 Å². The Kier molecular flexibility index (Phi) is 3.59. The Morgan fingerprint density at radius 1 is 1.38 bits per heavy atom. The minimum absolute atomic E-state index is 0.0982. The molecule has 2 aromatic rings. The molecule has 0 unspecified atom stereocenters. The molecule has 112 valence electrons. The largest absolute Gasteiger partial charge is 0.497 e. The Labute approximate surface area is 124 Å². The summed E-state index contributed by atoms with van der Waals surface area (Å²) in [6.45, 7) is 4.47. The van der Waals surface area contributed by atoms with Crippen LogP contribution in [-0.2, 0) is 7.05 Å². The summed E-state index contributed by atoms with van der Waals surface area (Å²) < 4.78 is 7.21. The molecule has 0 aliphatic carbocycles. The lowest BCUT2D eigenvalue weighted by molar-refractivity contribution is 0.0700. The summed E-state index contributed by atoms with van der Waals surface area (Å²) in [4.78, 5) is 14.7. The first-order valence-corrected chi connectivity index (χ1v) is 7.26. The Morgan fingerprint density at radius 3 is 2.90 bits per heavy atom. The highest BCUT2D eigenvalue weighted by Gasteiger charge is 2.24. The third-order valence-corrected chi connectivity index (χ3v) is 4.13. The summed E-state index contributed by atoms with van der Waals surface area (Å²) in [5.41, 5.74) is 1.74. The fraction of sp³-hybridized carbons (Fsp3) is 0.438. The lowest BCUT2D eigenvalue weighted by Crippen LogP contribution is -2.51. The van der Waals surface area contributed by atoms with Crippen LogP contribution in [0.15, 0.2) is 24.3 Å². The first-order chi connectivity index (χ1) is 10.1. The van der Waals surface area contributed by atoms with Gasteiger partial charge in [-0.05, 0) is 25.1 Å². The van der Waals surface area contributed by atoms with Crippen molar-refractivity contribution in [2.24, 2.45) is 7.05 Å². The molecule has 0 saturated carbocycles. The third-order valence-electron chi connectivity index (χ3n) is 4.13. The molecule has 21 heavy (non-hydrogen) atoms. The minimum Gasteiger partial charge on any atom is -0.497 e. The van der Waals surface area contributed by atoms with Gasteiger partial charge in [0.25, 0.3) is 5.91 Å². The average Bonchev–Trinajstić information content (AvgIpc) is 2.83. The van der Waals surface area contributed by atoms with E-state index in [0.717, 1.165) is 42.0 Å². The molecule has 1 N–H and O–H groups in total. The van der Waals surface area contributed by atoms with Gasteiger partial charge in [0.1, 0.15) is 11.4 Å². The second-order valence-electron chi connectivity index (χ2n) is 5.62. The van der Waals surface area contributed by atoms with Crippen molar-refractivity contribution in [3.05, 3.63) is 30.0 Å². The van der Waals surface area contributed by atoms with E-state index in [4.69, 9.17) is 4.74 Å². The minimum atomic E-state index is 0.0982. The van der Waals surface area contributed by atoms with Gasteiger partial charge in [-0.1, -0.05) is 0 Å². The Bertz CT molecular complexity index is 677. The highest BCUT2D eigenvalue weighted by atomic mass is 16.5. The second kappa shape index (κ2) is 5.41. The van der Waals surface area contributed by atoms with E-state index in [9.17, 15) is 4.79 Å². The fourth-order valence-electron chi connectivity index (χ4n) is 2.92. The molecule has 1 atom stereocenters. The topological polar surface area (TPSA) is 46.5 Å². The van der Waals surface area contributed by atoms with Crippen molar-refractivity contribution in [2.75, 3.05) is 26.7 Å². The van der Waals surface area contributed by atoms with E-state index in [2.05, 4.69) is 12.2 Å². The van der Waals surface area contributed by atoms with Crippen LogP contribution in [0.4, 0.5) is 0 Å². The Hall–Kier alpha value is -2.01. The van der Waals surface area contributed by atoms with E-state index in [1.165, 1.54) is 0 Å². The molecule has 5 nitrogen and oxygen atoms in total. The van der Waals surface area contributed by atoms with E-state index < -0.39 is 0 Å². The lowest BCUT2D eigenvalue weighted by Gasteiger charge is -2.31. The Morgan fingerprint density at radius 2 is 2.19 bits per heavy atom. The number of amides is 1. The Balaban J connectivity index is 1.96. The molecule has 1 amide bonds. The SMILES string of the molecule is COc1ccc2cc(C(=O)N3CCN[C@@H](C)C3)n(C)c2c1. The molecular formula is C16H21N3O2. The molecule has 1 saturated heterocycles. The van der Waals surface area contributed by atoms with Crippen molar-refractivity contribution < 1.29 is 9.53 Å². The number of aryl methyl sites for hydroxylation is 1. The van der Waals surface area contributed by atoms with Crippen molar-refractivity contribution in [1.29, 1.82) is 0 Å². The molecule has 5 heteroatoms. The number of carbonyl (C=O) groups excluding carboxylic acids is 1. The van der Waals surface area contributed by atoms with Gasteiger partial charge in [-0.25, -0.2) is 0 Å². The molecule has 1 aliphatic heterocycles. The molecular weight excluding hydrogens is 266 g/mol. The van der Waals surface area contributed by atoms with E-state index in [1.54, 1.807) is 7.11 Å². The van der Waals surface area contributed by atoms with Crippen LogP contribution in [0.3, 0.4) is 0 Å². The van der Waals surface area contributed by atoms with Gasteiger partial charge in [0.15, 0.2) is 0 Å². The number of hydrogen-bond donors (Lipinski definition) is 1. The van der Waals surface area contributed by atoms with Crippen LogP contribution < -0.4 is 10.1 Å². The zero-order valence-electron chi connectivity index (χ0n) is 12.7. The van der Waals surface area contributed by atoms with E-state index in [-0.39, 0.29) is 5.91 Å². The zero-order valence-corrected chi connectivity index (χ0v) is 12.7. The number of methoxy groups -OCH3 is 1. The van der Waals surface area contributed by atoms with Crippen molar-refractivity contribution in [2.45, 2.75) is 13.0 Å². The number of nitrogens with zero attached hydrogens (tertiary/aromatic N) is 2. The van der Waals surface area contributed by atoms with Crippen LogP contribution >= 0.6 is 0 Å². The highest BCUT2D eigenvalue weighted by molar-refractivity contribution is 5.99. The smallest absolute Gasteiger partial charge is 0.270 e. The molecule has 0 radical (unpaired) electrons. The van der Waals surface area contributed by atoms with Gasteiger partial charge in [0, 0.05) is 44.2 Å². The van der Waals surface area contributed by atoms with Crippen LogP contribution in [0.1, 0.15) is 17.4 Å². The van der Waals surface area contributed by atoms with Gasteiger partial charge in [-0.2, -0.15) is 0 Å². The van der Waals surface area contributed by atoms with Gasteiger partial charge < -0.3 is 19.5 Å². The van der Waals surface area contributed by atoms with Crippen molar-refractivity contribution in [1.82, 2.24) is 14.8 Å². The monoisotopic (exact) mass is 287 g/mol. The predicted octanol–water partition coefficient (Wildman–Crippen LogP) is 1.62. The van der Waals surface area contributed by atoms with Crippen LogP contribution in [0.5, 0.6) is 5.75 Å². The first kappa shape index (κ1) is 13.9. The maximum absolute atomic E-state index is 12.7. The molecule has 1 aromatic heterocycles. The van der Waals surface area contributed by atoms with Crippen LogP contribution in [0.25, 0.3) is 10.9 Å². The average molecular weight is 287 g/mol. The molecule has 3 rings (SSSR count).